The number of aromatic amines is 1. The number of rotatable bonds is 5. The van der Waals surface area contributed by atoms with Gasteiger partial charge in [0.15, 0.2) is 11.5 Å². The maximum atomic E-state index is 6.00. The van der Waals surface area contributed by atoms with Gasteiger partial charge in [0.1, 0.15) is 5.52 Å². The Balaban J connectivity index is 1.56. The number of aromatic nitrogens is 4. The quantitative estimate of drug-likeness (QED) is 0.563. The second kappa shape index (κ2) is 7.29. The smallest absolute Gasteiger partial charge is 0.227 e. The van der Waals surface area contributed by atoms with Crippen LogP contribution in [-0.4, -0.2) is 32.0 Å². The van der Waals surface area contributed by atoms with E-state index in [1.807, 2.05) is 18.2 Å². The lowest BCUT2D eigenvalue weighted by Gasteiger charge is -2.27. The normalized spacial score (nSPS) is 21.5. The largest absolute Gasteiger partial charge is 0.362 e. The predicted molar refractivity (Wildman–Crippen MR) is 104 cm³/mol. The number of hydrogen-bond donors (Lipinski definition) is 4. The first kappa shape index (κ1) is 16.8. The van der Waals surface area contributed by atoms with Crippen LogP contribution in [-0.2, 0) is 0 Å². The van der Waals surface area contributed by atoms with E-state index in [1.165, 1.54) is 5.56 Å². The van der Waals surface area contributed by atoms with Gasteiger partial charge in [0, 0.05) is 12.1 Å². The molecule has 2 heterocycles. The van der Waals surface area contributed by atoms with Crippen molar-refractivity contribution in [2.24, 2.45) is 5.73 Å². The van der Waals surface area contributed by atoms with Gasteiger partial charge >= 0.3 is 0 Å². The molecule has 5 N–H and O–H groups in total. The molecule has 0 amide bonds. The second-order valence-corrected chi connectivity index (χ2v) is 7.03. The highest BCUT2D eigenvalue weighted by molar-refractivity contribution is 5.83. The molecule has 7 heteroatoms. The highest BCUT2D eigenvalue weighted by atomic mass is 15.2. The first-order valence-corrected chi connectivity index (χ1v) is 9.24. The van der Waals surface area contributed by atoms with E-state index in [2.05, 4.69) is 44.6 Å². The number of benzene rings is 1. The molecule has 1 aromatic carbocycles. The SMILES string of the molecule is CC(Nc1nc(NC2CCC(N)CC2)nc2nc[nH]c12)c1ccccc1. The fourth-order valence-electron chi connectivity index (χ4n) is 3.48. The van der Waals surface area contributed by atoms with Gasteiger partial charge in [-0.2, -0.15) is 9.97 Å². The number of fused-ring (bicyclic) bond motifs is 1. The van der Waals surface area contributed by atoms with Crippen molar-refractivity contribution in [3.05, 3.63) is 42.2 Å². The van der Waals surface area contributed by atoms with Gasteiger partial charge in [0.2, 0.25) is 5.95 Å². The molecule has 1 atom stereocenters. The van der Waals surface area contributed by atoms with Crippen molar-refractivity contribution >= 4 is 22.9 Å². The average Bonchev–Trinajstić information content (AvgIpc) is 3.13. The van der Waals surface area contributed by atoms with Crippen LogP contribution in [0.25, 0.3) is 11.2 Å². The summed E-state index contributed by atoms with van der Waals surface area (Å²) in [6.45, 7) is 2.12. The van der Waals surface area contributed by atoms with Crippen molar-refractivity contribution in [2.45, 2.75) is 50.7 Å². The molecule has 0 spiro atoms. The molecular formula is C19H25N7. The summed E-state index contributed by atoms with van der Waals surface area (Å²) >= 11 is 0. The van der Waals surface area contributed by atoms with Gasteiger partial charge in [-0.3, -0.25) is 0 Å². The average molecular weight is 351 g/mol. The van der Waals surface area contributed by atoms with E-state index in [0.29, 0.717) is 23.7 Å². The highest BCUT2D eigenvalue weighted by Crippen LogP contribution is 2.25. The van der Waals surface area contributed by atoms with Crippen LogP contribution in [0.15, 0.2) is 36.7 Å². The molecule has 4 rings (SSSR count). The minimum atomic E-state index is 0.123. The Hall–Kier alpha value is -2.67. The van der Waals surface area contributed by atoms with E-state index in [1.54, 1.807) is 6.33 Å². The molecule has 1 fully saturated rings. The first-order chi connectivity index (χ1) is 12.7. The van der Waals surface area contributed by atoms with Crippen LogP contribution in [0.2, 0.25) is 0 Å². The van der Waals surface area contributed by atoms with Gasteiger partial charge in [-0.05, 0) is 38.2 Å². The van der Waals surface area contributed by atoms with E-state index >= 15 is 0 Å². The third-order valence-corrected chi connectivity index (χ3v) is 5.04. The molecule has 3 aromatic rings. The van der Waals surface area contributed by atoms with Gasteiger partial charge in [0.05, 0.1) is 12.4 Å². The van der Waals surface area contributed by atoms with Crippen LogP contribution in [0.5, 0.6) is 0 Å². The molecule has 1 aliphatic rings. The molecular weight excluding hydrogens is 326 g/mol. The van der Waals surface area contributed by atoms with Crippen LogP contribution in [0.4, 0.5) is 11.8 Å². The summed E-state index contributed by atoms with van der Waals surface area (Å²) in [5.74, 6) is 1.38. The number of nitrogens with one attached hydrogen (secondary N) is 3. The Bertz CT molecular complexity index is 853. The van der Waals surface area contributed by atoms with E-state index in [0.717, 1.165) is 37.0 Å². The number of H-pyrrole nitrogens is 1. The summed E-state index contributed by atoms with van der Waals surface area (Å²) in [4.78, 5) is 16.7. The number of imidazole rings is 1. The van der Waals surface area contributed by atoms with E-state index in [4.69, 9.17) is 10.7 Å². The van der Waals surface area contributed by atoms with Crippen LogP contribution in [0.3, 0.4) is 0 Å². The van der Waals surface area contributed by atoms with Crippen molar-refractivity contribution < 1.29 is 0 Å². The van der Waals surface area contributed by atoms with Crippen LogP contribution >= 0.6 is 0 Å². The van der Waals surface area contributed by atoms with Crippen LogP contribution < -0.4 is 16.4 Å². The number of anilines is 2. The summed E-state index contributed by atoms with van der Waals surface area (Å²) in [5, 5.41) is 6.95. The van der Waals surface area contributed by atoms with Gasteiger partial charge < -0.3 is 21.4 Å². The fraction of sp³-hybridized carbons (Fsp3) is 0.421. The monoisotopic (exact) mass is 351 g/mol. The molecule has 0 bridgehead atoms. The Morgan fingerprint density at radius 2 is 1.88 bits per heavy atom. The minimum absolute atomic E-state index is 0.123. The molecule has 0 radical (unpaired) electrons. The first-order valence-electron chi connectivity index (χ1n) is 9.24. The summed E-state index contributed by atoms with van der Waals surface area (Å²) in [6.07, 6.45) is 5.83. The Kier molecular flexibility index (Phi) is 4.71. The Labute approximate surface area is 152 Å². The molecule has 2 aromatic heterocycles. The van der Waals surface area contributed by atoms with Crippen molar-refractivity contribution in [1.29, 1.82) is 0 Å². The molecule has 1 aliphatic carbocycles. The van der Waals surface area contributed by atoms with Crippen molar-refractivity contribution in [3.63, 3.8) is 0 Å². The molecule has 7 nitrogen and oxygen atoms in total. The fourth-order valence-corrected chi connectivity index (χ4v) is 3.48. The van der Waals surface area contributed by atoms with E-state index in [-0.39, 0.29) is 6.04 Å². The zero-order valence-electron chi connectivity index (χ0n) is 14.9. The molecule has 26 heavy (non-hydrogen) atoms. The van der Waals surface area contributed by atoms with E-state index < -0.39 is 0 Å². The summed E-state index contributed by atoms with van der Waals surface area (Å²) in [5.41, 5.74) is 8.69. The van der Waals surface area contributed by atoms with Crippen molar-refractivity contribution in [1.82, 2.24) is 19.9 Å². The number of nitrogens with zero attached hydrogens (tertiary/aromatic N) is 3. The topological polar surface area (TPSA) is 105 Å². The molecule has 0 aliphatic heterocycles. The maximum absolute atomic E-state index is 6.00. The lowest BCUT2D eigenvalue weighted by molar-refractivity contribution is 0.410. The Morgan fingerprint density at radius 3 is 2.65 bits per heavy atom. The maximum Gasteiger partial charge on any atom is 0.227 e. The van der Waals surface area contributed by atoms with E-state index in [9.17, 15) is 0 Å². The third-order valence-electron chi connectivity index (χ3n) is 5.04. The van der Waals surface area contributed by atoms with Crippen LogP contribution in [0, 0.1) is 0 Å². The zero-order chi connectivity index (χ0) is 17.9. The molecule has 1 saturated carbocycles. The lowest BCUT2D eigenvalue weighted by Crippen LogP contribution is -2.33. The minimum Gasteiger partial charge on any atom is -0.362 e. The molecule has 1 unspecified atom stereocenters. The molecule has 136 valence electrons. The van der Waals surface area contributed by atoms with Gasteiger partial charge in [-0.15, -0.1) is 0 Å². The van der Waals surface area contributed by atoms with Crippen molar-refractivity contribution in [3.8, 4) is 0 Å². The second-order valence-electron chi connectivity index (χ2n) is 7.03. The lowest BCUT2D eigenvalue weighted by atomic mass is 9.92. The summed E-state index contributed by atoms with van der Waals surface area (Å²) in [7, 11) is 0. The standard InChI is InChI=1S/C19H25N7/c1-12(13-5-3-2-4-6-13)23-18-16-17(22-11-21-16)25-19(26-18)24-15-9-7-14(20)8-10-15/h2-6,11-12,14-15H,7-10,20H2,1H3,(H3,21,22,23,24,25,26). The van der Waals surface area contributed by atoms with Gasteiger partial charge in [-0.1, -0.05) is 30.3 Å². The highest BCUT2D eigenvalue weighted by Gasteiger charge is 2.20. The van der Waals surface area contributed by atoms with Crippen LogP contribution in [0.1, 0.15) is 44.2 Å². The zero-order valence-corrected chi connectivity index (χ0v) is 14.9. The summed E-state index contributed by atoms with van der Waals surface area (Å²) < 4.78 is 0. The van der Waals surface area contributed by atoms with Gasteiger partial charge in [0.25, 0.3) is 0 Å². The Morgan fingerprint density at radius 1 is 1.12 bits per heavy atom. The van der Waals surface area contributed by atoms with Gasteiger partial charge in [-0.25, -0.2) is 4.98 Å². The number of nitrogens with two attached hydrogens (primary N) is 1. The molecule has 0 saturated heterocycles. The third kappa shape index (κ3) is 3.62. The van der Waals surface area contributed by atoms with Crippen molar-refractivity contribution in [2.75, 3.05) is 10.6 Å². The summed E-state index contributed by atoms with van der Waals surface area (Å²) in [6, 6.07) is 11.1. The predicted octanol–water partition coefficient (Wildman–Crippen LogP) is 3.21. The number of hydrogen-bond acceptors (Lipinski definition) is 6.